The molecule has 1 aromatic carbocycles. The van der Waals surface area contributed by atoms with E-state index in [-0.39, 0.29) is 0 Å². The lowest BCUT2D eigenvalue weighted by atomic mass is 9.75. The number of nitrogens with two attached hydrogens (primary N) is 1. The topological polar surface area (TPSA) is 44.5 Å². The van der Waals surface area contributed by atoms with E-state index < -0.39 is 35.9 Å². The van der Waals surface area contributed by atoms with Crippen molar-refractivity contribution in [3.05, 3.63) is 35.4 Å². The van der Waals surface area contributed by atoms with Crippen molar-refractivity contribution in [2.75, 3.05) is 0 Å². The summed E-state index contributed by atoms with van der Waals surface area (Å²) in [5.41, 5.74) is 5.26. The second-order valence-corrected chi connectivity index (χ2v) is 5.85. The fourth-order valence-corrected chi connectivity index (χ4v) is 1.96. The number of rotatable bonds is 2. The van der Waals surface area contributed by atoms with Crippen molar-refractivity contribution < 1.29 is 18.1 Å². The van der Waals surface area contributed by atoms with E-state index >= 15 is 0 Å². The molecule has 2 rings (SSSR count). The predicted molar refractivity (Wildman–Crippen MR) is 69.4 cm³/mol. The highest BCUT2D eigenvalue weighted by atomic mass is 19.1. The van der Waals surface area contributed by atoms with Crippen molar-refractivity contribution in [3.8, 4) is 0 Å². The van der Waals surface area contributed by atoms with E-state index in [2.05, 4.69) is 0 Å². The maximum absolute atomic E-state index is 13.2. The summed E-state index contributed by atoms with van der Waals surface area (Å²) in [7, 11) is -0.730. The molecule has 0 unspecified atom stereocenters. The molecule has 1 atom stereocenters. The van der Waals surface area contributed by atoms with E-state index in [9.17, 15) is 8.78 Å². The van der Waals surface area contributed by atoms with Crippen LogP contribution in [0.1, 0.15) is 39.2 Å². The average molecular weight is 269 g/mol. The van der Waals surface area contributed by atoms with Gasteiger partial charge in [0.25, 0.3) is 0 Å². The highest BCUT2D eigenvalue weighted by Gasteiger charge is 2.53. The Hall–Kier alpha value is -0.975. The van der Waals surface area contributed by atoms with Crippen LogP contribution in [0.5, 0.6) is 0 Å². The van der Waals surface area contributed by atoms with Crippen LogP contribution in [0.25, 0.3) is 0 Å². The fraction of sp³-hybridized carbons (Fsp3) is 0.538. The van der Waals surface area contributed by atoms with Crippen molar-refractivity contribution in [3.63, 3.8) is 0 Å². The van der Waals surface area contributed by atoms with Crippen LogP contribution in [0.15, 0.2) is 18.2 Å². The molecule has 1 aromatic rings. The number of halogens is 2. The van der Waals surface area contributed by atoms with Gasteiger partial charge in [0.2, 0.25) is 0 Å². The maximum Gasteiger partial charge on any atom is 0.480 e. The zero-order valence-corrected chi connectivity index (χ0v) is 11.5. The summed E-state index contributed by atoms with van der Waals surface area (Å²) in [6.45, 7) is 7.58. The molecule has 3 nitrogen and oxygen atoms in total. The van der Waals surface area contributed by atoms with Crippen molar-refractivity contribution in [1.29, 1.82) is 0 Å². The predicted octanol–water partition coefficient (Wildman–Crippen LogP) is 2.60. The Morgan fingerprint density at radius 3 is 1.84 bits per heavy atom. The molecule has 0 aromatic heterocycles. The van der Waals surface area contributed by atoms with Crippen LogP contribution in [-0.2, 0) is 9.31 Å². The SMILES string of the molecule is CC1(C)OB([C@H](N)c2cc(F)cc(F)c2)OC1(C)C. The molecule has 0 saturated carbocycles. The molecule has 0 bridgehead atoms. The number of benzene rings is 1. The molecule has 0 spiro atoms. The summed E-state index contributed by atoms with van der Waals surface area (Å²) >= 11 is 0. The van der Waals surface area contributed by atoms with E-state index in [0.29, 0.717) is 5.56 Å². The minimum Gasteiger partial charge on any atom is -0.402 e. The maximum atomic E-state index is 13.2. The Labute approximate surface area is 112 Å². The van der Waals surface area contributed by atoms with Crippen molar-refractivity contribution in [2.24, 2.45) is 5.73 Å². The van der Waals surface area contributed by atoms with Gasteiger partial charge < -0.3 is 15.0 Å². The van der Waals surface area contributed by atoms with Crippen LogP contribution in [0.4, 0.5) is 8.78 Å². The van der Waals surface area contributed by atoms with Crippen LogP contribution >= 0.6 is 0 Å². The van der Waals surface area contributed by atoms with Gasteiger partial charge in [-0.2, -0.15) is 0 Å². The van der Waals surface area contributed by atoms with Gasteiger partial charge >= 0.3 is 7.12 Å². The van der Waals surface area contributed by atoms with Gasteiger partial charge in [-0.15, -0.1) is 0 Å². The smallest absolute Gasteiger partial charge is 0.402 e. The average Bonchev–Trinajstić information content (AvgIpc) is 2.45. The van der Waals surface area contributed by atoms with Crippen LogP contribution in [0, 0.1) is 11.6 Å². The summed E-state index contributed by atoms with van der Waals surface area (Å²) in [6, 6.07) is 3.19. The highest BCUT2D eigenvalue weighted by molar-refractivity contribution is 6.47. The minimum atomic E-state index is -0.744. The van der Waals surface area contributed by atoms with Gasteiger partial charge in [-0.05, 0) is 45.4 Å². The molecule has 1 aliphatic heterocycles. The molecule has 1 saturated heterocycles. The minimum absolute atomic E-state index is 0.316. The summed E-state index contributed by atoms with van der Waals surface area (Å²) in [4.78, 5) is 0. The lowest BCUT2D eigenvalue weighted by molar-refractivity contribution is 0.00578. The van der Waals surface area contributed by atoms with Crippen molar-refractivity contribution >= 4 is 7.12 Å². The van der Waals surface area contributed by atoms with E-state index in [4.69, 9.17) is 15.0 Å². The standard InChI is InChI=1S/C13H18BF2NO2/c1-12(2)13(3,4)19-14(18-12)11(17)8-5-9(15)7-10(16)6-8/h5-7,11H,17H2,1-4H3/t11-/m1/s1. The molecule has 1 heterocycles. The van der Waals surface area contributed by atoms with Gasteiger partial charge in [0.05, 0.1) is 17.1 Å². The lowest BCUT2D eigenvalue weighted by Gasteiger charge is -2.32. The Bertz CT molecular complexity index is 457. The van der Waals surface area contributed by atoms with Gasteiger partial charge in [0.1, 0.15) is 11.6 Å². The number of hydrogen-bond donors (Lipinski definition) is 1. The monoisotopic (exact) mass is 269 g/mol. The van der Waals surface area contributed by atoms with Gasteiger partial charge in [-0.25, -0.2) is 8.78 Å². The van der Waals surface area contributed by atoms with E-state index in [1.165, 1.54) is 12.1 Å². The van der Waals surface area contributed by atoms with Crippen LogP contribution < -0.4 is 5.73 Å². The first-order valence-electron chi connectivity index (χ1n) is 6.20. The molecule has 104 valence electrons. The Kier molecular flexibility index (Phi) is 3.45. The molecule has 6 heteroatoms. The molecular weight excluding hydrogens is 251 g/mol. The Morgan fingerprint density at radius 1 is 1.00 bits per heavy atom. The molecule has 1 fully saturated rings. The largest absolute Gasteiger partial charge is 0.480 e. The van der Waals surface area contributed by atoms with E-state index in [1.807, 2.05) is 27.7 Å². The quantitative estimate of drug-likeness (QED) is 0.839. The van der Waals surface area contributed by atoms with Gasteiger partial charge in [-0.3, -0.25) is 0 Å². The second kappa shape index (κ2) is 4.54. The summed E-state index contributed by atoms with van der Waals surface area (Å²) < 4.78 is 37.9. The lowest BCUT2D eigenvalue weighted by Crippen LogP contribution is -2.41. The van der Waals surface area contributed by atoms with Gasteiger partial charge in [0, 0.05) is 6.07 Å². The van der Waals surface area contributed by atoms with Gasteiger partial charge in [0.15, 0.2) is 0 Å². The van der Waals surface area contributed by atoms with E-state index in [0.717, 1.165) is 6.07 Å². The second-order valence-electron chi connectivity index (χ2n) is 5.85. The summed E-state index contributed by atoms with van der Waals surface area (Å²) in [5, 5.41) is 0. The first-order valence-corrected chi connectivity index (χ1v) is 6.20. The molecule has 2 N–H and O–H groups in total. The normalized spacial score (nSPS) is 22.6. The Balaban J connectivity index is 2.24. The van der Waals surface area contributed by atoms with Crippen LogP contribution in [-0.4, -0.2) is 18.3 Å². The van der Waals surface area contributed by atoms with Gasteiger partial charge in [-0.1, -0.05) is 0 Å². The van der Waals surface area contributed by atoms with E-state index in [1.54, 1.807) is 0 Å². The summed E-state index contributed by atoms with van der Waals surface area (Å²) in [5.74, 6) is -2.07. The summed E-state index contributed by atoms with van der Waals surface area (Å²) in [6.07, 6.45) is 0. The third kappa shape index (κ3) is 2.66. The number of hydrogen-bond acceptors (Lipinski definition) is 3. The highest BCUT2D eigenvalue weighted by Crippen LogP contribution is 2.39. The van der Waals surface area contributed by atoms with Crippen molar-refractivity contribution in [1.82, 2.24) is 0 Å². The molecule has 19 heavy (non-hydrogen) atoms. The van der Waals surface area contributed by atoms with Crippen molar-refractivity contribution in [2.45, 2.75) is 44.8 Å². The van der Waals surface area contributed by atoms with Crippen LogP contribution in [0.2, 0.25) is 0 Å². The molecule has 0 amide bonds. The molecule has 0 radical (unpaired) electrons. The zero-order valence-electron chi connectivity index (χ0n) is 11.5. The molecule has 1 aliphatic rings. The Morgan fingerprint density at radius 2 is 1.42 bits per heavy atom. The molecule has 0 aliphatic carbocycles. The molecular formula is C13H18BF2NO2. The first kappa shape index (κ1) is 14.4. The third-order valence-corrected chi connectivity index (χ3v) is 3.83. The third-order valence-electron chi connectivity index (χ3n) is 3.83. The van der Waals surface area contributed by atoms with Crippen LogP contribution in [0.3, 0.4) is 0 Å². The zero-order chi connectivity index (χ0) is 14.4. The first-order chi connectivity index (χ1) is 8.62. The fourth-order valence-electron chi connectivity index (χ4n) is 1.96.